The summed E-state index contributed by atoms with van der Waals surface area (Å²) in [5.74, 6) is -0.450. The van der Waals surface area contributed by atoms with Crippen LogP contribution in [0.4, 0.5) is 0 Å². The first-order valence-corrected chi connectivity index (χ1v) is 3.52. The minimum absolute atomic E-state index is 0.274. The van der Waals surface area contributed by atoms with Crippen molar-refractivity contribution >= 4 is 0 Å². The molecule has 1 rings (SSSR count). The maximum Gasteiger partial charge on any atom is 0.163 e. The summed E-state index contributed by atoms with van der Waals surface area (Å²) in [4.78, 5) is 0. The van der Waals surface area contributed by atoms with Gasteiger partial charge in [-0.1, -0.05) is 0 Å². The molecule has 0 aliphatic carbocycles. The molecule has 0 spiro atoms. The molecule has 0 saturated carbocycles. The van der Waals surface area contributed by atoms with Crippen molar-refractivity contribution in [2.24, 2.45) is 5.73 Å². The van der Waals surface area contributed by atoms with Crippen molar-refractivity contribution in [2.75, 3.05) is 13.2 Å². The Morgan fingerprint density at radius 1 is 1.40 bits per heavy atom. The van der Waals surface area contributed by atoms with Crippen LogP contribution in [0.2, 0.25) is 0 Å². The molecule has 0 radical (unpaired) electrons. The Bertz CT molecular complexity index is 136. The quantitative estimate of drug-likeness (QED) is 0.584. The Labute approximate surface area is 61.5 Å². The number of hydrogen-bond donors (Lipinski definition) is 1. The van der Waals surface area contributed by atoms with Gasteiger partial charge in [0, 0.05) is 6.54 Å². The van der Waals surface area contributed by atoms with Gasteiger partial charge in [0.2, 0.25) is 0 Å². The summed E-state index contributed by atoms with van der Waals surface area (Å²) in [6.07, 6.45) is 0. The maximum absolute atomic E-state index is 5.54. The van der Waals surface area contributed by atoms with Gasteiger partial charge < -0.3 is 15.2 Å². The minimum atomic E-state index is -0.450. The molecule has 1 aliphatic rings. The van der Waals surface area contributed by atoms with Crippen LogP contribution in [-0.4, -0.2) is 24.5 Å². The lowest BCUT2D eigenvalue weighted by atomic mass is 10.1. The monoisotopic (exact) mass is 145 g/mol. The average Bonchev–Trinajstić information content (AvgIpc) is 2.08. The van der Waals surface area contributed by atoms with E-state index in [1.165, 1.54) is 0 Å². The van der Waals surface area contributed by atoms with Crippen molar-refractivity contribution in [2.45, 2.75) is 32.2 Å². The standard InChI is InChI=1S/C7H15NO2/c1-6(2)9-5-7(3,4-8)10-6/h4-5,8H2,1-3H3/t7-/m1/s1. The molecular weight excluding hydrogens is 130 g/mol. The molecule has 0 aromatic rings. The predicted molar refractivity (Wildman–Crippen MR) is 38.6 cm³/mol. The third-order valence-corrected chi connectivity index (χ3v) is 1.65. The Kier molecular flexibility index (Phi) is 1.75. The number of nitrogens with two attached hydrogens (primary N) is 1. The number of hydrogen-bond acceptors (Lipinski definition) is 3. The highest BCUT2D eigenvalue weighted by molar-refractivity contribution is 4.84. The van der Waals surface area contributed by atoms with Crippen LogP contribution in [0.5, 0.6) is 0 Å². The summed E-state index contributed by atoms with van der Waals surface area (Å²) in [5, 5.41) is 0. The first kappa shape index (κ1) is 7.98. The van der Waals surface area contributed by atoms with Crippen LogP contribution >= 0.6 is 0 Å². The molecular formula is C7H15NO2. The highest BCUT2D eigenvalue weighted by Crippen LogP contribution is 2.29. The van der Waals surface area contributed by atoms with Gasteiger partial charge in [-0.2, -0.15) is 0 Å². The van der Waals surface area contributed by atoms with E-state index in [1.54, 1.807) is 0 Å². The van der Waals surface area contributed by atoms with E-state index < -0.39 is 5.79 Å². The van der Waals surface area contributed by atoms with E-state index in [0.29, 0.717) is 13.2 Å². The summed E-state index contributed by atoms with van der Waals surface area (Å²) in [5.41, 5.74) is 5.21. The van der Waals surface area contributed by atoms with Crippen LogP contribution in [0.15, 0.2) is 0 Å². The smallest absolute Gasteiger partial charge is 0.163 e. The number of ether oxygens (including phenoxy) is 2. The van der Waals surface area contributed by atoms with Gasteiger partial charge in [-0.3, -0.25) is 0 Å². The molecule has 1 aliphatic heterocycles. The van der Waals surface area contributed by atoms with Gasteiger partial charge in [0.15, 0.2) is 5.79 Å². The first-order chi connectivity index (χ1) is 4.47. The van der Waals surface area contributed by atoms with Crippen molar-refractivity contribution in [3.63, 3.8) is 0 Å². The molecule has 3 nitrogen and oxygen atoms in total. The lowest BCUT2D eigenvalue weighted by Crippen LogP contribution is -2.38. The molecule has 0 unspecified atom stereocenters. The van der Waals surface area contributed by atoms with Crippen molar-refractivity contribution in [1.82, 2.24) is 0 Å². The highest BCUT2D eigenvalue weighted by atomic mass is 16.8. The molecule has 1 saturated heterocycles. The van der Waals surface area contributed by atoms with E-state index in [-0.39, 0.29) is 5.60 Å². The second-order valence-corrected chi connectivity index (χ2v) is 3.44. The molecule has 1 fully saturated rings. The van der Waals surface area contributed by atoms with Gasteiger partial charge in [0.1, 0.15) is 5.60 Å². The SMILES string of the molecule is CC1(C)OC[C@@](C)(CN)O1. The second kappa shape index (κ2) is 2.19. The first-order valence-electron chi connectivity index (χ1n) is 3.52. The zero-order valence-electron chi connectivity index (χ0n) is 6.81. The summed E-state index contributed by atoms with van der Waals surface area (Å²) in [6, 6.07) is 0. The van der Waals surface area contributed by atoms with Crippen molar-refractivity contribution < 1.29 is 9.47 Å². The van der Waals surface area contributed by atoms with Gasteiger partial charge in [-0.25, -0.2) is 0 Å². The van der Waals surface area contributed by atoms with Gasteiger partial charge in [-0.05, 0) is 20.8 Å². The predicted octanol–water partition coefficient (Wildman–Crippen LogP) is 0.487. The normalized spacial score (nSPS) is 38.4. The molecule has 2 N–H and O–H groups in total. The third kappa shape index (κ3) is 1.48. The largest absolute Gasteiger partial charge is 0.347 e. The van der Waals surface area contributed by atoms with E-state index in [0.717, 1.165) is 0 Å². The zero-order chi connectivity index (χ0) is 7.83. The van der Waals surface area contributed by atoms with Crippen LogP contribution in [0, 0.1) is 0 Å². The molecule has 0 bridgehead atoms. The lowest BCUT2D eigenvalue weighted by Gasteiger charge is -2.22. The zero-order valence-corrected chi connectivity index (χ0v) is 6.81. The second-order valence-electron chi connectivity index (χ2n) is 3.44. The molecule has 0 aromatic heterocycles. The van der Waals surface area contributed by atoms with E-state index >= 15 is 0 Å². The van der Waals surface area contributed by atoms with Gasteiger partial charge >= 0.3 is 0 Å². The number of rotatable bonds is 1. The summed E-state index contributed by atoms with van der Waals surface area (Å²) >= 11 is 0. The molecule has 0 aromatic carbocycles. The molecule has 1 atom stereocenters. The topological polar surface area (TPSA) is 44.5 Å². The van der Waals surface area contributed by atoms with Gasteiger partial charge in [-0.15, -0.1) is 0 Å². The maximum atomic E-state index is 5.54. The Hall–Kier alpha value is -0.120. The lowest BCUT2D eigenvalue weighted by molar-refractivity contribution is -0.155. The fourth-order valence-electron chi connectivity index (χ4n) is 1.08. The Balaban J connectivity index is 2.57. The molecule has 1 heterocycles. The van der Waals surface area contributed by atoms with Crippen LogP contribution in [0.3, 0.4) is 0 Å². The third-order valence-electron chi connectivity index (χ3n) is 1.65. The molecule has 0 amide bonds. The van der Waals surface area contributed by atoms with E-state index in [1.807, 2.05) is 20.8 Å². The van der Waals surface area contributed by atoms with Gasteiger partial charge in [0.05, 0.1) is 6.61 Å². The van der Waals surface area contributed by atoms with Crippen molar-refractivity contribution in [1.29, 1.82) is 0 Å². The summed E-state index contributed by atoms with van der Waals surface area (Å²) in [6.45, 7) is 6.86. The van der Waals surface area contributed by atoms with Crippen molar-refractivity contribution in [3.8, 4) is 0 Å². The van der Waals surface area contributed by atoms with Crippen molar-refractivity contribution in [3.05, 3.63) is 0 Å². The van der Waals surface area contributed by atoms with E-state index in [4.69, 9.17) is 15.2 Å². The molecule has 3 heteroatoms. The van der Waals surface area contributed by atoms with Crippen LogP contribution in [0.25, 0.3) is 0 Å². The summed E-state index contributed by atoms with van der Waals surface area (Å²) < 4.78 is 10.9. The van der Waals surface area contributed by atoms with Gasteiger partial charge in [0.25, 0.3) is 0 Å². The van der Waals surface area contributed by atoms with E-state index in [9.17, 15) is 0 Å². The van der Waals surface area contributed by atoms with Crippen LogP contribution in [0.1, 0.15) is 20.8 Å². The van der Waals surface area contributed by atoms with Crippen LogP contribution in [-0.2, 0) is 9.47 Å². The molecule has 10 heavy (non-hydrogen) atoms. The highest BCUT2D eigenvalue weighted by Gasteiger charge is 2.40. The summed E-state index contributed by atoms with van der Waals surface area (Å²) in [7, 11) is 0. The minimum Gasteiger partial charge on any atom is -0.347 e. The Morgan fingerprint density at radius 2 is 2.00 bits per heavy atom. The average molecular weight is 145 g/mol. The van der Waals surface area contributed by atoms with Crippen LogP contribution < -0.4 is 5.73 Å². The fraction of sp³-hybridized carbons (Fsp3) is 1.00. The Morgan fingerprint density at radius 3 is 2.20 bits per heavy atom. The fourth-order valence-corrected chi connectivity index (χ4v) is 1.08. The molecule has 60 valence electrons. The van der Waals surface area contributed by atoms with E-state index in [2.05, 4.69) is 0 Å².